The molecule has 1 saturated heterocycles. The molecule has 0 aliphatic carbocycles. The molecule has 1 aliphatic heterocycles. The number of anilines is 1. The van der Waals surface area contributed by atoms with Gasteiger partial charge in [-0.2, -0.15) is 0 Å². The molecule has 1 heterocycles. The molecular weight excluding hydrogens is 443 g/mol. The maximum absolute atomic E-state index is 12.2. The maximum atomic E-state index is 12.2. The van der Waals surface area contributed by atoms with Crippen molar-refractivity contribution in [1.29, 1.82) is 0 Å². The van der Waals surface area contributed by atoms with E-state index in [0.29, 0.717) is 31.7 Å². The number of likely N-dealkylation sites (tertiary alicyclic amines) is 1. The van der Waals surface area contributed by atoms with Gasteiger partial charge < -0.3 is 25.0 Å². The van der Waals surface area contributed by atoms with Crippen molar-refractivity contribution in [2.75, 3.05) is 25.0 Å². The first kappa shape index (κ1) is 23.9. The normalized spacial score (nSPS) is 14.3. The first-order valence-electron chi connectivity index (χ1n) is 10.2. The predicted octanol–water partition coefficient (Wildman–Crippen LogP) is 3.55. The van der Waals surface area contributed by atoms with E-state index in [1.165, 1.54) is 12.1 Å². The molecule has 3 rings (SSSR count). The van der Waals surface area contributed by atoms with Crippen molar-refractivity contribution in [1.82, 2.24) is 10.2 Å². The second kappa shape index (κ2) is 10.7. The van der Waals surface area contributed by atoms with Gasteiger partial charge in [-0.25, -0.2) is 4.79 Å². The smallest absolute Gasteiger partial charge is 0.410 e. The van der Waals surface area contributed by atoms with Gasteiger partial charge in [0.15, 0.2) is 0 Å². The van der Waals surface area contributed by atoms with Crippen molar-refractivity contribution in [3.8, 4) is 11.5 Å². The van der Waals surface area contributed by atoms with E-state index >= 15 is 0 Å². The molecule has 11 heteroatoms. The largest absolute Gasteiger partial charge is 0.573 e. The van der Waals surface area contributed by atoms with Crippen LogP contribution in [0, 0.1) is 5.92 Å². The fraction of sp³-hybridized carbons (Fsp3) is 0.318. The van der Waals surface area contributed by atoms with Crippen LogP contribution >= 0.6 is 0 Å². The molecule has 3 amide bonds. The number of carbonyl (C=O) groups excluding carboxylic acids is 3. The Morgan fingerprint density at radius 1 is 0.909 bits per heavy atom. The van der Waals surface area contributed by atoms with Gasteiger partial charge in [0.25, 0.3) is 0 Å². The third kappa shape index (κ3) is 7.70. The Morgan fingerprint density at radius 2 is 1.55 bits per heavy atom. The third-order valence-corrected chi connectivity index (χ3v) is 4.92. The molecule has 0 bridgehead atoms. The topological polar surface area (TPSA) is 97.0 Å². The van der Waals surface area contributed by atoms with Gasteiger partial charge in [-0.05, 0) is 55.2 Å². The summed E-state index contributed by atoms with van der Waals surface area (Å²) in [6, 6.07) is 13.2. The monoisotopic (exact) mass is 465 g/mol. The zero-order chi connectivity index (χ0) is 23.8. The van der Waals surface area contributed by atoms with Gasteiger partial charge in [0, 0.05) is 25.3 Å². The van der Waals surface area contributed by atoms with Gasteiger partial charge in [0.05, 0.1) is 0 Å². The Balaban J connectivity index is 1.37. The minimum Gasteiger partial charge on any atom is -0.410 e. The van der Waals surface area contributed by atoms with Crippen LogP contribution in [0.15, 0.2) is 54.6 Å². The molecule has 33 heavy (non-hydrogen) atoms. The van der Waals surface area contributed by atoms with Gasteiger partial charge in [-0.15, -0.1) is 13.2 Å². The van der Waals surface area contributed by atoms with E-state index in [2.05, 4.69) is 15.4 Å². The fourth-order valence-electron chi connectivity index (χ4n) is 3.22. The molecule has 176 valence electrons. The molecule has 2 N–H and O–H groups in total. The average Bonchev–Trinajstić information content (AvgIpc) is 2.78. The van der Waals surface area contributed by atoms with Gasteiger partial charge in [-0.1, -0.05) is 18.2 Å². The highest BCUT2D eigenvalue weighted by atomic mass is 19.4. The number of hydrogen-bond acceptors (Lipinski definition) is 5. The number of amides is 3. The van der Waals surface area contributed by atoms with Crippen LogP contribution in [0.5, 0.6) is 11.5 Å². The lowest BCUT2D eigenvalue weighted by atomic mass is 9.97. The maximum Gasteiger partial charge on any atom is 0.573 e. The lowest BCUT2D eigenvalue weighted by molar-refractivity contribution is -0.274. The van der Waals surface area contributed by atoms with E-state index in [-0.39, 0.29) is 18.2 Å². The minimum atomic E-state index is -4.82. The molecule has 0 aromatic heterocycles. The van der Waals surface area contributed by atoms with Crippen LogP contribution in [0.4, 0.5) is 23.7 Å². The van der Waals surface area contributed by atoms with Crippen molar-refractivity contribution < 1.29 is 37.0 Å². The van der Waals surface area contributed by atoms with Crippen molar-refractivity contribution in [2.45, 2.75) is 19.2 Å². The zero-order valence-corrected chi connectivity index (χ0v) is 17.4. The van der Waals surface area contributed by atoms with Crippen molar-refractivity contribution in [3.05, 3.63) is 54.6 Å². The van der Waals surface area contributed by atoms with E-state index in [9.17, 15) is 27.6 Å². The first-order valence-corrected chi connectivity index (χ1v) is 10.2. The molecule has 2 aromatic rings. The van der Waals surface area contributed by atoms with Crippen LogP contribution in [-0.4, -0.2) is 48.8 Å². The summed E-state index contributed by atoms with van der Waals surface area (Å²) >= 11 is 0. The van der Waals surface area contributed by atoms with Crippen molar-refractivity contribution >= 4 is 23.6 Å². The summed E-state index contributed by atoms with van der Waals surface area (Å²) in [7, 11) is 0. The van der Waals surface area contributed by atoms with Crippen LogP contribution in [-0.2, 0) is 9.59 Å². The standard InChI is InChI=1S/C22H22F3N3O5/c23-22(24,25)33-18-8-6-16(7-9-18)27-20(30)19(29)26-14-15-10-12-28(13-11-15)21(31)32-17-4-2-1-3-5-17/h1-9,15H,10-14H2,(H,26,29)(H,27,30). The quantitative estimate of drug-likeness (QED) is 0.659. The van der Waals surface area contributed by atoms with Gasteiger partial charge >= 0.3 is 24.3 Å². The van der Waals surface area contributed by atoms with Crippen LogP contribution in [0.1, 0.15) is 12.8 Å². The highest BCUT2D eigenvalue weighted by Crippen LogP contribution is 2.24. The lowest BCUT2D eigenvalue weighted by Gasteiger charge is -2.31. The van der Waals surface area contributed by atoms with Crippen LogP contribution in [0.2, 0.25) is 0 Å². The van der Waals surface area contributed by atoms with E-state index in [1.807, 2.05) is 6.07 Å². The van der Waals surface area contributed by atoms with Gasteiger partial charge in [-0.3, -0.25) is 9.59 Å². The molecule has 0 unspecified atom stereocenters. The summed E-state index contributed by atoms with van der Waals surface area (Å²) in [5.41, 5.74) is 0.148. The Morgan fingerprint density at radius 3 is 2.15 bits per heavy atom. The summed E-state index contributed by atoms with van der Waals surface area (Å²) < 4.78 is 45.6. The predicted molar refractivity (Wildman–Crippen MR) is 112 cm³/mol. The van der Waals surface area contributed by atoms with Gasteiger partial charge in [0.1, 0.15) is 11.5 Å². The van der Waals surface area contributed by atoms with Crippen LogP contribution in [0.3, 0.4) is 0 Å². The summed E-state index contributed by atoms with van der Waals surface area (Å²) in [5, 5.41) is 4.85. The molecule has 8 nitrogen and oxygen atoms in total. The van der Waals surface area contributed by atoms with Crippen LogP contribution < -0.4 is 20.1 Å². The molecule has 0 saturated carbocycles. The number of para-hydroxylation sites is 1. The number of rotatable bonds is 5. The second-order valence-corrected chi connectivity index (χ2v) is 7.35. The highest BCUT2D eigenvalue weighted by molar-refractivity contribution is 6.39. The van der Waals surface area contributed by atoms with E-state index in [0.717, 1.165) is 12.1 Å². The summed E-state index contributed by atoms with van der Waals surface area (Å²) in [6.07, 6.45) is -3.99. The highest BCUT2D eigenvalue weighted by Gasteiger charge is 2.31. The zero-order valence-electron chi connectivity index (χ0n) is 17.4. The number of nitrogens with zero attached hydrogens (tertiary/aromatic N) is 1. The number of piperidine rings is 1. The van der Waals surface area contributed by atoms with E-state index < -0.39 is 30.0 Å². The molecular formula is C22H22F3N3O5. The SMILES string of the molecule is O=C(NCC1CCN(C(=O)Oc2ccccc2)CC1)C(=O)Nc1ccc(OC(F)(F)F)cc1. The minimum absolute atomic E-state index is 0.0846. The van der Waals surface area contributed by atoms with Crippen molar-refractivity contribution in [3.63, 3.8) is 0 Å². The van der Waals surface area contributed by atoms with E-state index in [4.69, 9.17) is 4.74 Å². The number of ether oxygens (including phenoxy) is 2. The van der Waals surface area contributed by atoms with Crippen molar-refractivity contribution in [2.24, 2.45) is 5.92 Å². The molecule has 0 spiro atoms. The number of alkyl halides is 3. The molecule has 0 atom stereocenters. The number of hydrogen-bond donors (Lipinski definition) is 2. The van der Waals surface area contributed by atoms with Gasteiger partial charge in [0.2, 0.25) is 0 Å². The Bertz CT molecular complexity index is 959. The lowest BCUT2D eigenvalue weighted by Crippen LogP contribution is -2.44. The molecule has 0 radical (unpaired) electrons. The Hall–Kier alpha value is -3.76. The Labute approximate surface area is 187 Å². The number of halogens is 3. The number of benzene rings is 2. The molecule has 1 aliphatic rings. The number of carbonyl (C=O) groups is 3. The summed E-state index contributed by atoms with van der Waals surface area (Å²) in [4.78, 5) is 37.8. The number of nitrogens with one attached hydrogen (secondary N) is 2. The van der Waals surface area contributed by atoms with Crippen LogP contribution in [0.25, 0.3) is 0 Å². The second-order valence-electron chi connectivity index (χ2n) is 7.35. The molecule has 1 fully saturated rings. The molecule has 2 aromatic carbocycles. The summed E-state index contributed by atoms with van der Waals surface area (Å²) in [6.45, 7) is 1.18. The average molecular weight is 465 g/mol. The fourth-order valence-corrected chi connectivity index (χ4v) is 3.22. The van der Waals surface area contributed by atoms with E-state index in [1.54, 1.807) is 29.2 Å². The Kier molecular flexibility index (Phi) is 7.75. The third-order valence-electron chi connectivity index (χ3n) is 4.92. The first-order chi connectivity index (χ1) is 15.7. The summed E-state index contributed by atoms with van der Waals surface area (Å²) in [5.74, 6) is -1.70.